The smallest absolute Gasteiger partial charge is 0.311 e. The van der Waals surface area contributed by atoms with E-state index in [4.69, 9.17) is 11.6 Å². The van der Waals surface area contributed by atoms with Crippen LogP contribution in [0.25, 0.3) is 11.0 Å². The molecule has 0 aliphatic carbocycles. The molecule has 1 atom stereocenters. The van der Waals surface area contributed by atoms with Gasteiger partial charge in [-0.2, -0.15) is 0 Å². The van der Waals surface area contributed by atoms with Crippen molar-refractivity contribution in [3.63, 3.8) is 0 Å². The molecule has 1 aliphatic heterocycles. The Labute approximate surface area is 155 Å². The summed E-state index contributed by atoms with van der Waals surface area (Å²) in [5.41, 5.74) is 0.837. The Morgan fingerprint density at radius 3 is 3.04 bits per heavy atom. The summed E-state index contributed by atoms with van der Waals surface area (Å²) in [5.74, 6) is 0.00853. The average Bonchev–Trinajstić information content (AvgIpc) is 3.10. The lowest BCUT2D eigenvalue weighted by atomic mass is 9.75. The number of piperidine rings is 1. The Morgan fingerprint density at radius 1 is 1.35 bits per heavy atom. The van der Waals surface area contributed by atoms with Crippen LogP contribution in [0, 0.1) is 5.41 Å². The highest BCUT2D eigenvalue weighted by Gasteiger charge is 2.43. The molecule has 4 rings (SSSR count). The highest BCUT2D eigenvalue weighted by molar-refractivity contribution is 6.30. The van der Waals surface area contributed by atoms with E-state index in [1.54, 1.807) is 6.07 Å². The number of hydrogen-bond donors (Lipinski definition) is 2. The van der Waals surface area contributed by atoms with Crippen LogP contribution < -0.4 is 4.90 Å². The minimum atomic E-state index is -0.865. The van der Waals surface area contributed by atoms with E-state index in [-0.39, 0.29) is 0 Å². The van der Waals surface area contributed by atoms with Gasteiger partial charge < -0.3 is 15.0 Å². The quantitative estimate of drug-likeness (QED) is 0.734. The van der Waals surface area contributed by atoms with Gasteiger partial charge in [0.15, 0.2) is 0 Å². The number of aromatic amines is 1. The zero-order valence-electron chi connectivity index (χ0n) is 14.2. The number of aromatic nitrogens is 3. The van der Waals surface area contributed by atoms with E-state index in [0.29, 0.717) is 24.4 Å². The minimum absolute atomic E-state index is 0.409. The Hall–Kier alpha value is -2.60. The number of nitrogens with zero attached hydrogens (tertiary/aromatic N) is 3. The van der Waals surface area contributed by atoms with Gasteiger partial charge in [-0.25, -0.2) is 9.97 Å². The summed E-state index contributed by atoms with van der Waals surface area (Å²) in [7, 11) is 0. The van der Waals surface area contributed by atoms with Gasteiger partial charge >= 0.3 is 5.97 Å². The molecule has 134 valence electrons. The van der Waals surface area contributed by atoms with E-state index in [1.807, 2.05) is 30.5 Å². The Balaban J connectivity index is 1.68. The number of carboxylic acids is 1. The fourth-order valence-electron chi connectivity index (χ4n) is 3.86. The van der Waals surface area contributed by atoms with Crippen molar-refractivity contribution in [1.29, 1.82) is 0 Å². The normalized spacial score (nSPS) is 20.4. The molecule has 0 radical (unpaired) electrons. The first-order valence-corrected chi connectivity index (χ1v) is 8.96. The zero-order chi connectivity index (χ0) is 18.1. The SMILES string of the molecule is O=C(O)[C@]1(Cc2cccc(Cl)c2)CCCN(c2ncnc3[nH]ccc23)C1. The maximum atomic E-state index is 12.3. The van der Waals surface area contributed by atoms with Crippen molar-refractivity contribution in [1.82, 2.24) is 15.0 Å². The van der Waals surface area contributed by atoms with Crippen molar-refractivity contribution in [3.8, 4) is 0 Å². The predicted octanol–water partition coefficient (Wildman–Crippen LogP) is 3.53. The fraction of sp³-hybridized carbons (Fsp3) is 0.316. The average molecular weight is 371 g/mol. The van der Waals surface area contributed by atoms with Crippen LogP contribution in [-0.2, 0) is 11.2 Å². The molecular formula is C19H19ClN4O2. The van der Waals surface area contributed by atoms with Crippen molar-refractivity contribution < 1.29 is 9.90 Å². The molecule has 1 saturated heterocycles. The molecule has 0 amide bonds. The number of rotatable bonds is 4. The third-order valence-corrected chi connectivity index (χ3v) is 5.33. The number of carbonyl (C=O) groups is 1. The second-order valence-corrected chi connectivity index (χ2v) is 7.29. The number of H-pyrrole nitrogens is 1. The van der Waals surface area contributed by atoms with Crippen molar-refractivity contribution in [2.24, 2.45) is 5.41 Å². The summed E-state index contributed by atoms with van der Waals surface area (Å²) in [4.78, 5) is 26.1. The Morgan fingerprint density at radius 2 is 2.23 bits per heavy atom. The van der Waals surface area contributed by atoms with Crippen molar-refractivity contribution in [3.05, 3.63) is 53.4 Å². The number of hydrogen-bond acceptors (Lipinski definition) is 4. The number of nitrogens with one attached hydrogen (secondary N) is 1. The molecule has 3 heterocycles. The number of carboxylic acid groups (broad SMARTS) is 1. The van der Waals surface area contributed by atoms with E-state index in [0.717, 1.165) is 35.4 Å². The minimum Gasteiger partial charge on any atom is -0.481 e. The van der Waals surface area contributed by atoms with Crippen molar-refractivity contribution in [2.75, 3.05) is 18.0 Å². The highest BCUT2D eigenvalue weighted by Crippen LogP contribution is 2.37. The van der Waals surface area contributed by atoms with Crippen LogP contribution in [0.2, 0.25) is 5.02 Å². The predicted molar refractivity (Wildman–Crippen MR) is 101 cm³/mol. The van der Waals surface area contributed by atoms with E-state index in [9.17, 15) is 9.90 Å². The van der Waals surface area contributed by atoms with E-state index < -0.39 is 11.4 Å². The van der Waals surface area contributed by atoms with E-state index >= 15 is 0 Å². The molecule has 2 N–H and O–H groups in total. The molecule has 1 aromatic carbocycles. The summed E-state index contributed by atoms with van der Waals surface area (Å²) in [5, 5.41) is 11.6. The first-order chi connectivity index (χ1) is 12.6. The lowest BCUT2D eigenvalue weighted by Gasteiger charge is -2.40. The second kappa shape index (κ2) is 6.61. The summed E-state index contributed by atoms with van der Waals surface area (Å²) in [6, 6.07) is 9.38. The molecular weight excluding hydrogens is 352 g/mol. The van der Waals surface area contributed by atoms with Gasteiger partial charge in [0, 0.05) is 24.3 Å². The molecule has 0 unspecified atom stereocenters. The zero-order valence-corrected chi connectivity index (χ0v) is 14.9. The number of aliphatic carboxylic acids is 1. The Bertz CT molecular complexity index is 957. The number of fused-ring (bicyclic) bond motifs is 1. The Kier molecular flexibility index (Phi) is 4.28. The van der Waals surface area contributed by atoms with Crippen LogP contribution >= 0.6 is 11.6 Å². The molecule has 26 heavy (non-hydrogen) atoms. The molecule has 6 nitrogen and oxygen atoms in total. The van der Waals surface area contributed by atoms with Crippen LogP contribution in [0.5, 0.6) is 0 Å². The molecule has 0 bridgehead atoms. The summed E-state index contributed by atoms with van der Waals surface area (Å²) in [6.45, 7) is 1.19. The summed E-state index contributed by atoms with van der Waals surface area (Å²) >= 11 is 6.09. The van der Waals surface area contributed by atoms with Gasteiger partial charge in [0.05, 0.1) is 10.8 Å². The van der Waals surface area contributed by atoms with Gasteiger partial charge in [0.2, 0.25) is 0 Å². The molecule has 1 fully saturated rings. The molecule has 7 heteroatoms. The summed E-state index contributed by atoms with van der Waals surface area (Å²) in [6.07, 6.45) is 5.21. The van der Waals surface area contributed by atoms with Crippen LogP contribution in [0.15, 0.2) is 42.9 Å². The monoisotopic (exact) mass is 370 g/mol. The third kappa shape index (κ3) is 3.01. The molecule has 0 saturated carbocycles. The van der Waals surface area contributed by atoms with Gasteiger partial charge in [-0.3, -0.25) is 4.79 Å². The van der Waals surface area contributed by atoms with Gasteiger partial charge in [0.25, 0.3) is 0 Å². The molecule has 0 spiro atoms. The van der Waals surface area contributed by atoms with E-state index in [1.165, 1.54) is 6.33 Å². The lowest BCUT2D eigenvalue weighted by Crippen LogP contribution is -2.49. The largest absolute Gasteiger partial charge is 0.481 e. The topological polar surface area (TPSA) is 82.1 Å². The first kappa shape index (κ1) is 16.8. The highest BCUT2D eigenvalue weighted by atomic mass is 35.5. The lowest BCUT2D eigenvalue weighted by molar-refractivity contribution is -0.149. The number of anilines is 1. The maximum Gasteiger partial charge on any atom is 0.311 e. The molecule has 3 aromatic rings. The van der Waals surface area contributed by atoms with E-state index in [2.05, 4.69) is 19.9 Å². The van der Waals surface area contributed by atoms with Crippen LogP contribution in [0.1, 0.15) is 18.4 Å². The van der Waals surface area contributed by atoms with Gasteiger partial charge in [-0.15, -0.1) is 0 Å². The van der Waals surface area contributed by atoms with Crippen molar-refractivity contribution >= 4 is 34.4 Å². The van der Waals surface area contributed by atoms with Crippen LogP contribution in [0.3, 0.4) is 0 Å². The van der Waals surface area contributed by atoms with Gasteiger partial charge in [-0.1, -0.05) is 23.7 Å². The summed E-state index contributed by atoms with van der Waals surface area (Å²) < 4.78 is 0. The number of benzene rings is 1. The van der Waals surface area contributed by atoms with Crippen molar-refractivity contribution in [2.45, 2.75) is 19.3 Å². The first-order valence-electron chi connectivity index (χ1n) is 8.58. The van der Waals surface area contributed by atoms with Crippen LogP contribution in [0.4, 0.5) is 5.82 Å². The standard InChI is InChI=1S/C19H19ClN4O2/c20-14-4-1-3-13(9-14)10-19(18(25)26)6-2-8-24(11-19)17-15-5-7-21-16(15)22-12-23-17/h1,3-5,7,9,12H,2,6,8,10-11H2,(H,25,26)(H,21,22,23)/t19-/m0/s1. The van der Waals surface area contributed by atoms with Gasteiger partial charge in [-0.05, 0) is 43.0 Å². The number of halogens is 1. The fourth-order valence-corrected chi connectivity index (χ4v) is 4.07. The maximum absolute atomic E-state index is 12.3. The van der Waals surface area contributed by atoms with Crippen LogP contribution in [-0.4, -0.2) is 39.1 Å². The molecule has 1 aliphatic rings. The molecule has 2 aromatic heterocycles. The van der Waals surface area contributed by atoms with Gasteiger partial charge in [0.1, 0.15) is 17.8 Å². The second-order valence-electron chi connectivity index (χ2n) is 6.85. The third-order valence-electron chi connectivity index (χ3n) is 5.09.